The monoisotopic (exact) mass is 347 g/mol. The maximum Gasteiger partial charge on any atom is 0.365 e. The van der Waals surface area contributed by atoms with Crippen LogP contribution in [0.3, 0.4) is 0 Å². The van der Waals surface area contributed by atoms with E-state index in [1.54, 1.807) is 31.2 Å². The number of nitrogens with one attached hydrogen (secondary N) is 1. The van der Waals surface area contributed by atoms with Crippen LogP contribution in [0.5, 0.6) is 0 Å². The van der Waals surface area contributed by atoms with Gasteiger partial charge in [0.1, 0.15) is 11.9 Å². The third-order valence-corrected chi connectivity index (χ3v) is 2.68. The Morgan fingerprint density at radius 1 is 1.32 bits per heavy atom. The van der Waals surface area contributed by atoms with Crippen molar-refractivity contribution in [3.63, 3.8) is 0 Å². The lowest BCUT2D eigenvalue weighted by molar-refractivity contribution is -0.142. The summed E-state index contributed by atoms with van der Waals surface area (Å²) < 4.78 is 9.63. The van der Waals surface area contributed by atoms with Gasteiger partial charge in [0.2, 0.25) is 0 Å². The quantitative estimate of drug-likeness (QED) is 0.383. The number of ether oxygens (including phenoxy) is 1. The summed E-state index contributed by atoms with van der Waals surface area (Å²) >= 11 is 8.26. The summed E-state index contributed by atoms with van der Waals surface area (Å²) in [6, 6.07) is 7.13. The number of benzene rings is 1. The van der Waals surface area contributed by atoms with Crippen molar-refractivity contribution in [3.8, 4) is 0 Å². The molecule has 102 valence electrons. The van der Waals surface area contributed by atoms with Crippen LogP contribution in [0.2, 0.25) is 0 Å². The van der Waals surface area contributed by atoms with Crippen LogP contribution < -0.4 is 5.32 Å². The van der Waals surface area contributed by atoms with Crippen molar-refractivity contribution in [2.24, 2.45) is 0 Å². The van der Waals surface area contributed by atoms with Gasteiger partial charge in [0.15, 0.2) is 5.57 Å². The average Bonchev–Trinajstić information content (AvgIpc) is 2.41. The summed E-state index contributed by atoms with van der Waals surface area (Å²) in [5, 5.41) is 2.78. The summed E-state index contributed by atoms with van der Waals surface area (Å²) in [6.45, 7) is 1.77. The molecule has 5 nitrogen and oxygen atoms in total. The zero-order valence-corrected chi connectivity index (χ0v) is 12.3. The Balaban J connectivity index is 2.85. The molecule has 0 fully saturated rings. The Hall–Kier alpha value is -1.53. The number of halogens is 2. The van der Waals surface area contributed by atoms with Crippen LogP contribution in [0.1, 0.15) is 6.92 Å². The van der Waals surface area contributed by atoms with E-state index in [0.717, 1.165) is 4.47 Å². The predicted octanol–water partition coefficient (Wildman–Crippen LogP) is 3.01. The molecule has 0 aromatic heterocycles. The lowest BCUT2D eigenvalue weighted by Gasteiger charge is -2.05. The minimum absolute atomic E-state index is 0.143. The highest BCUT2D eigenvalue weighted by molar-refractivity contribution is 9.10. The molecule has 1 rings (SSSR count). The van der Waals surface area contributed by atoms with Crippen molar-refractivity contribution in [2.75, 3.05) is 11.9 Å². The molecule has 0 heterocycles. The number of esters is 1. The number of hydrogen-bond acceptors (Lipinski definition) is 5. The van der Waals surface area contributed by atoms with Crippen LogP contribution in [-0.2, 0) is 18.6 Å². The van der Waals surface area contributed by atoms with Crippen LogP contribution in [0.25, 0.3) is 0 Å². The molecule has 1 N–H and O–H groups in total. The number of carbonyl (C=O) groups excluding carboxylic acids is 2. The second-order valence-corrected chi connectivity index (χ2v) is 4.36. The first kappa shape index (κ1) is 15.5. The van der Waals surface area contributed by atoms with E-state index < -0.39 is 11.9 Å². The van der Waals surface area contributed by atoms with Gasteiger partial charge in [-0.2, -0.15) is 0 Å². The van der Waals surface area contributed by atoms with E-state index in [0.29, 0.717) is 5.69 Å². The fourth-order valence-corrected chi connectivity index (χ4v) is 1.50. The zero-order chi connectivity index (χ0) is 14.3. The Morgan fingerprint density at radius 2 is 1.95 bits per heavy atom. The second kappa shape index (κ2) is 7.81. The van der Waals surface area contributed by atoms with Gasteiger partial charge in [-0.25, -0.2) is 9.59 Å². The molecular weight excluding hydrogens is 337 g/mol. The molecule has 0 unspecified atom stereocenters. The molecule has 0 radical (unpaired) electrons. The standard InChI is InChI=1S/C12H11BrClNO4/c1-2-18-11(16)10(12(17)19-14)7-15-9-5-3-8(13)4-6-9/h3-7,15H,2H2,1H3. The molecule has 1 aromatic carbocycles. The van der Waals surface area contributed by atoms with Gasteiger partial charge < -0.3 is 14.3 Å². The van der Waals surface area contributed by atoms with Crippen LogP contribution in [0, 0.1) is 0 Å². The minimum Gasteiger partial charge on any atom is -0.462 e. The summed E-state index contributed by atoms with van der Waals surface area (Å²) in [5.41, 5.74) is 0.368. The number of rotatable bonds is 5. The molecule has 7 heteroatoms. The average molecular weight is 349 g/mol. The van der Waals surface area contributed by atoms with E-state index in [4.69, 9.17) is 16.6 Å². The maximum atomic E-state index is 11.5. The molecule has 0 atom stereocenters. The molecule has 0 aliphatic heterocycles. The molecule has 0 saturated heterocycles. The fraction of sp³-hybridized carbons (Fsp3) is 0.167. The van der Waals surface area contributed by atoms with Gasteiger partial charge in [0.25, 0.3) is 0 Å². The van der Waals surface area contributed by atoms with Crippen LogP contribution >= 0.6 is 27.8 Å². The molecule has 0 aliphatic carbocycles. The summed E-state index contributed by atoms with van der Waals surface area (Å²) in [6.07, 6.45) is 1.19. The first-order valence-electron chi connectivity index (χ1n) is 5.30. The van der Waals surface area contributed by atoms with Gasteiger partial charge in [-0.3, -0.25) is 0 Å². The zero-order valence-electron chi connectivity index (χ0n) is 9.98. The largest absolute Gasteiger partial charge is 0.462 e. The first-order chi connectivity index (χ1) is 9.08. The first-order valence-corrected chi connectivity index (χ1v) is 6.41. The Bertz CT molecular complexity index is 487. The van der Waals surface area contributed by atoms with Gasteiger partial charge in [-0.05, 0) is 31.2 Å². The van der Waals surface area contributed by atoms with Gasteiger partial charge in [0, 0.05) is 16.4 Å². The summed E-state index contributed by atoms with van der Waals surface area (Å²) in [7, 11) is 0. The van der Waals surface area contributed by atoms with Gasteiger partial charge in [-0.15, -0.1) is 0 Å². The lowest BCUT2D eigenvalue weighted by Crippen LogP contribution is -2.17. The normalized spacial score (nSPS) is 10.8. The van der Waals surface area contributed by atoms with Gasteiger partial charge in [-0.1, -0.05) is 15.9 Å². The molecular formula is C12H11BrClNO4. The van der Waals surface area contributed by atoms with Crippen molar-refractivity contribution < 1.29 is 18.6 Å². The predicted molar refractivity (Wildman–Crippen MR) is 74.4 cm³/mol. The SMILES string of the molecule is CCOC(=O)C(=CNc1ccc(Br)cc1)C(=O)OCl. The van der Waals surface area contributed by atoms with Crippen molar-refractivity contribution in [1.82, 2.24) is 0 Å². The Morgan fingerprint density at radius 3 is 2.47 bits per heavy atom. The second-order valence-electron chi connectivity index (χ2n) is 3.29. The van der Waals surface area contributed by atoms with Crippen molar-refractivity contribution in [3.05, 3.63) is 40.5 Å². The molecule has 19 heavy (non-hydrogen) atoms. The highest BCUT2D eigenvalue weighted by Crippen LogP contribution is 2.14. The Labute approximate surface area is 123 Å². The van der Waals surface area contributed by atoms with Crippen molar-refractivity contribution in [1.29, 1.82) is 0 Å². The summed E-state index contributed by atoms with van der Waals surface area (Å²) in [4.78, 5) is 22.9. The molecule has 0 bridgehead atoms. The highest BCUT2D eigenvalue weighted by Gasteiger charge is 2.21. The van der Waals surface area contributed by atoms with E-state index in [9.17, 15) is 9.59 Å². The Kier molecular flexibility index (Phi) is 6.38. The number of carbonyl (C=O) groups is 2. The molecule has 1 aromatic rings. The van der Waals surface area contributed by atoms with Crippen LogP contribution in [-0.4, -0.2) is 18.5 Å². The fourth-order valence-electron chi connectivity index (χ4n) is 1.15. The third-order valence-electron chi connectivity index (χ3n) is 2.01. The lowest BCUT2D eigenvalue weighted by atomic mass is 10.3. The minimum atomic E-state index is -0.982. The molecule has 0 aliphatic rings. The van der Waals surface area contributed by atoms with Gasteiger partial charge in [0.05, 0.1) is 6.61 Å². The molecule has 0 amide bonds. The molecule has 0 saturated carbocycles. The van der Waals surface area contributed by atoms with E-state index in [1.165, 1.54) is 6.20 Å². The van der Waals surface area contributed by atoms with Gasteiger partial charge >= 0.3 is 11.9 Å². The topological polar surface area (TPSA) is 64.6 Å². The highest BCUT2D eigenvalue weighted by atomic mass is 79.9. The van der Waals surface area contributed by atoms with Crippen LogP contribution in [0.15, 0.2) is 40.5 Å². The maximum absolute atomic E-state index is 11.5. The van der Waals surface area contributed by atoms with E-state index in [-0.39, 0.29) is 12.2 Å². The number of hydrogen-bond donors (Lipinski definition) is 1. The molecule has 0 spiro atoms. The van der Waals surface area contributed by atoms with E-state index >= 15 is 0 Å². The van der Waals surface area contributed by atoms with Crippen molar-refractivity contribution in [2.45, 2.75) is 6.92 Å². The smallest absolute Gasteiger partial charge is 0.365 e. The van der Waals surface area contributed by atoms with E-state index in [2.05, 4.69) is 25.5 Å². The van der Waals surface area contributed by atoms with E-state index in [1.807, 2.05) is 0 Å². The number of anilines is 1. The summed E-state index contributed by atoms with van der Waals surface area (Å²) in [5.74, 6) is -1.79. The van der Waals surface area contributed by atoms with Crippen LogP contribution in [0.4, 0.5) is 5.69 Å². The third kappa shape index (κ3) is 4.92. The van der Waals surface area contributed by atoms with Crippen molar-refractivity contribution >= 4 is 45.4 Å².